The van der Waals surface area contributed by atoms with Crippen molar-refractivity contribution >= 4 is 23.0 Å². The van der Waals surface area contributed by atoms with Crippen LogP contribution in [0.3, 0.4) is 0 Å². The number of carbonyl (C=O) groups excluding carboxylic acids is 2. The Kier molecular flexibility index (Phi) is 2.70. The molecule has 19 heavy (non-hydrogen) atoms. The van der Waals surface area contributed by atoms with Crippen molar-refractivity contribution in [2.24, 2.45) is 0 Å². The lowest BCUT2D eigenvalue weighted by Crippen LogP contribution is -2.36. The molecule has 0 atom stereocenters. The highest BCUT2D eigenvalue weighted by Crippen LogP contribution is 2.15. The molecule has 2 heterocycles. The SMILES string of the molecule is Cc1nc2ccccc2n1CC(=O)N1CCNC1=O. The van der Waals surface area contributed by atoms with Crippen LogP contribution < -0.4 is 5.32 Å². The van der Waals surface area contributed by atoms with Crippen LogP contribution in [-0.2, 0) is 11.3 Å². The fourth-order valence-corrected chi connectivity index (χ4v) is 2.33. The fourth-order valence-electron chi connectivity index (χ4n) is 2.33. The Labute approximate surface area is 110 Å². The van der Waals surface area contributed by atoms with Gasteiger partial charge in [0.2, 0.25) is 0 Å². The zero-order valence-electron chi connectivity index (χ0n) is 10.6. The Balaban J connectivity index is 1.91. The minimum atomic E-state index is -0.313. The number of nitrogens with one attached hydrogen (secondary N) is 1. The minimum absolute atomic E-state index is 0.139. The van der Waals surface area contributed by atoms with Gasteiger partial charge in [0.1, 0.15) is 12.4 Å². The van der Waals surface area contributed by atoms with Gasteiger partial charge in [0.25, 0.3) is 5.91 Å². The third kappa shape index (κ3) is 1.95. The topological polar surface area (TPSA) is 67.2 Å². The van der Waals surface area contributed by atoms with E-state index in [2.05, 4.69) is 10.3 Å². The van der Waals surface area contributed by atoms with Gasteiger partial charge < -0.3 is 9.88 Å². The first-order chi connectivity index (χ1) is 9.16. The second kappa shape index (κ2) is 4.38. The zero-order valence-corrected chi connectivity index (χ0v) is 10.6. The van der Waals surface area contributed by atoms with E-state index >= 15 is 0 Å². The van der Waals surface area contributed by atoms with Crippen molar-refractivity contribution in [1.29, 1.82) is 0 Å². The molecule has 0 saturated carbocycles. The van der Waals surface area contributed by atoms with Gasteiger partial charge >= 0.3 is 6.03 Å². The van der Waals surface area contributed by atoms with E-state index in [0.29, 0.717) is 13.1 Å². The average Bonchev–Trinajstić information content (AvgIpc) is 2.94. The molecular formula is C13H14N4O2. The van der Waals surface area contributed by atoms with Crippen LogP contribution in [0.25, 0.3) is 11.0 Å². The molecule has 1 N–H and O–H groups in total. The van der Waals surface area contributed by atoms with E-state index < -0.39 is 0 Å². The van der Waals surface area contributed by atoms with E-state index in [1.807, 2.05) is 35.8 Å². The molecule has 3 rings (SSSR count). The molecule has 0 radical (unpaired) electrons. The van der Waals surface area contributed by atoms with Gasteiger partial charge in [-0.3, -0.25) is 9.69 Å². The number of nitrogens with zero attached hydrogens (tertiary/aromatic N) is 3. The van der Waals surface area contributed by atoms with Crippen LogP contribution in [0, 0.1) is 6.92 Å². The van der Waals surface area contributed by atoms with E-state index in [4.69, 9.17) is 0 Å². The summed E-state index contributed by atoms with van der Waals surface area (Å²) in [5.41, 5.74) is 1.77. The number of aromatic nitrogens is 2. The minimum Gasteiger partial charge on any atom is -0.336 e. The average molecular weight is 258 g/mol. The van der Waals surface area contributed by atoms with Gasteiger partial charge in [-0.25, -0.2) is 9.78 Å². The lowest BCUT2D eigenvalue weighted by atomic mass is 10.3. The smallest absolute Gasteiger partial charge is 0.324 e. The number of urea groups is 1. The van der Waals surface area contributed by atoms with E-state index in [0.717, 1.165) is 16.9 Å². The second-order valence-corrected chi connectivity index (χ2v) is 4.51. The Bertz CT molecular complexity index is 662. The van der Waals surface area contributed by atoms with Crippen molar-refractivity contribution in [3.05, 3.63) is 30.1 Å². The van der Waals surface area contributed by atoms with Gasteiger partial charge in [0, 0.05) is 13.1 Å². The van der Waals surface area contributed by atoms with Crippen molar-refractivity contribution < 1.29 is 9.59 Å². The van der Waals surface area contributed by atoms with E-state index in [1.54, 1.807) is 0 Å². The third-order valence-electron chi connectivity index (χ3n) is 3.30. The van der Waals surface area contributed by atoms with Crippen molar-refractivity contribution in [2.45, 2.75) is 13.5 Å². The van der Waals surface area contributed by atoms with Gasteiger partial charge in [0.05, 0.1) is 11.0 Å². The van der Waals surface area contributed by atoms with E-state index in [1.165, 1.54) is 4.90 Å². The van der Waals surface area contributed by atoms with E-state index in [9.17, 15) is 9.59 Å². The van der Waals surface area contributed by atoms with Gasteiger partial charge in [-0.1, -0.05) is 12.1 Å². The number of imide groups is 1. The van der Waals surface area contributed by atoms with E-state index in [-0.39, 0.29) is 18.5 Å². The predicted molar refractivity (Wildman–Crippen MR) is 69.6 cm³/mol. The molecule has 1 fully saturated rings. The summed E-state index contributed by atoms with van der Waals surface area (Å²) in [6.07, 6.45) is 0. The Morgan fingerprint density at radius 1 is 1.42 bits per heavy atom. The summed E-state index contributed by atoms with van der Waals surface area (Å²) in [4.78, 5) is 29.2. The Morgan fingerprint density at radius 2 is 2.21 bits per heavy atom. The largest absolute Gasteiger partial charge is 0.336 e. The first kappa shape index (κ1) is 11.7. The first-order valence-electron chi connectivity index (χ1n) is 6.17. The predicted octanol–water partition coefficient (Wildman–Crippen LogP) is 0.897. The number of benzene rings is 1. The first-order valence-corrected chi connectivity index (χ1v) is 6.17. The molecule has 1 aromatic heterocycles. The standard InChI is InChI=1S/C13H14N4O2/c1-9-15-10-4-2-3-5-11(10)17(9)8-12(18)16-7-6-14-13(16)19/h2-5H,6-8H2,1H3,(H,14,19). The van der Waals surface area contributed by atoms with Crippen molar-refractivity contribution in [1.82, 2.24) is 19.8 Å². The second-order valence-electron chi connectivity index (χ2n) is 4.51. The molecule has 6 nitrogen and oxygen atoms in total. The monoisotopic (exact) mass is 258 g/mol. The van der Waals surface area contributed by atoms with Gasteiger partial charge in [0.15, 0.2) is 0 Å². The van der Waals surface area contributed by atoms with Crippen LogP contribution in [0.15, 0.2) is 24.3 Å². The molecule has 98 valence electrons. The molecule has 0 aliphatic carbocycles. The molecule has 2 aromatic rings. The zero-order chi connectivity index (χ0) is 13.4. The highest BCUT2D eigenvalue weighted by molar-refractivity contribution is 5.96. The number of fused-ring (bicyclic) bond motifs is 1. The third-order valence-corrected chi connectivity index (χ3v) is 3.30. The quantitative estimate of drug-likeness (QED) is 0.870. The summed E-state index contributed by atoms with van der Waals surface area (Å²) in [5, 5.41) is 2.62. The molecule has 3 amide bonds. The summed E-state index contributed by atoms with van der Waals surface area (Å²) in [6, 6.07) is 7.34. The van der Waals surface area contributed by atoms with Crippen LogP contribution in [0.1, 0.15) is 5.82 Å². The van der Waals surface area contributed by atoms with Gasteiger partial charge in [-0.05, 0) is 19.1 Å². The maximum atomic E-state index is 12.1. The fraction of sp³-hybridized carbons (Fsp3) is 0.308. The number of hydrogen-bond donors (Lipinski definition) is 1. The summed E-state index contributed by atoms with van der Waals surface area (Å²) in [7, 11) is 0. The number of imidazole rings is 1. The molecule has 0 bridgehead atoms. The van der Waals surface area contributed by atoms with Crippen LogP contribution >= 0.6 is 0 Å². The summed E-state index contributed by atoms with van der Waals surface area (Å²) in [5.74, 6) is 0.565. The number of rotatable bonds is 2. The van der Waals surface area contributed by atoms with Crippen LogP contribution in [-0.4, -0.2) is 39.5 Å². The molecule has 1 aliphatic rings. The highest BCUT2D eigenvalue weighted by atomic mass is 16.2. The Hall–Kier alpha value is -2.37. The van der Waals surface area contributed by atoms with Crippen molar-refractivity contribution in [3.8, 4) is 0 Å². The summed E-state index contributed by atoms with van der Waals surface area (Å²) < 4.78 is 1.84. The highest BCUT2D eigenvalue weighted by Gasteiger charge is 2.26. The molecular weight excluding hydrogens is 244 g/mol. The molecule has 1 aliphatic heterocycles. The van der Waals surface area contributed by atoms with Gasteiger partial charge in [-0.2, -0.15) is 0 Å². The molecule has 6 heteroatoms. The number of amides is 3. The number of carbonyl (C=O) groups is 2. The number of hydrogen-bond acceptors (Lipinski definition) is 3. The normalized spacial score (nSPS) is 15.0. The van der Waals surface area contributed by atoms with Crippen LogP contribution in [0.4, 0.5) is 4.79 Å². The number of para-hydroxylation sites is 2. The molecule has 0 spiro atoms. The van der Waals surface area contributed by atoms with Crippen molar-refractivity contribution in [3.63, 3.8) is 0 Å². The molecule has 0 unspecified atom stereocenters. The molecule has 1 saturated heterocycles. The van der Waals surface area contributed by atoms with Gasteiger partial charge in [-0.15, -0.1) is 0 Å². The lowest BCUT2D eigenvalue weighted by Gasteiger charge is -2.13. The molecule has 1 aromatic carbocycles. The van der Waals surface area contributed by atoms with Crippen molar-refractivity contribution in [2.75, 3.05) is 13.1 Å². The number of aryl methyl sites for hydroxylation is 1. The lowest BCUT2D eigenvalue weighted by molar-refractivity contribution is -0.128. The Morgan fingerprint density at radius 3 is 2.95 bits per heavy atom. The maximum Gasteiger partial charge on any atom is 0.324 e. The maximum absolute atomic E-state index is 12.1. The van der Waals surface area contributed by atoms with Crippen LogP contribution in [0.5, 0.6) is 0 Å². The summed E-state index contributed by atoms with van der Waals surface area (Å²) >= 11 is 0. The van der Waals surface area contributed by atoms with Crippen LogP contribution in [0.2, 0.25) is 0 Å². The summed E-state index contributed by atoms with van der Waals surface area (Å²) in [6.45, 7) is 2.95.